The van der Waals surface area contributed by atoms with Gasteiger partial charge in [0.25, 0.3) is 5.91 Å². The lowest BCUT2D eigenvalue weighted by Gasteiger charge is -2.38. The number of rotatable bonds is 5. The molecule has 0 spiro atoms. The van der Waals surface area contributed by atoms with Crippen molar-refractivity contribution in [1.29, 1.82) is 0 Å². The van der Waals surface area contributed by atoms with Crippen LogP contribution in [0.15, 0.2) is 59.2 Å². The van der Waals surface area contributed by atoms with E-state index in [4.69, 9.17) is 4.42 Å². The Morgan fingerprint density at radius 2 is 1.63 bits per heavy atom. The number of carbonyl (C=O) groups excluding carboxylic acids is 2. The molecule has 0 unspecified atom stereocenters. The normalized spacial score (nSPS) is 18.8. The Bertz CT molecular complexity index is 847. The highest BCUT2D eigenvalue weighted by Gasteiger charge is 2.32. The summed E-state index contributed by atoms with van der Waals surface area (Å²) in [6.07, 6.45) is 7.31. The molecule has 0 N–H and O–H groups in total. The number of piperidine rings is 1. The van der Waals surface area contributed by atoms with Crippen LogP contribution in [0.5, 0.6) is 0 Å². The van der Waals surface area contributed by atoms with Gasteiger partial charge in [0, 0.05) is 51.7 Å². The second-order valence-electron chi connectivity index (χ2n) is 7.98. The fraction of sp³-hybridized carbons (Fsp3) is 0.417. The van der Waals surface area contributed by atoms with Crippen LogP contribution in [0.2, 0.25) is 0 Å². The highest BCUT2D eigenvalue weighted by atomic mass is 16.3. The van der Waals surface area contributed by atoms with Gasteiger partial charge < -0.3 is 14.2 Å². The minimum Gasteiger partial charge on any atom is -0.459 e. The zero-order valence-electron chi connectivity index (χ0n) is 17.3. The van der Waals surface area contributed by atoms with Crippen LogP contribution < -0.4 is 0 Å². The lowest BCUT2D eigenvalue weighted by Crippen LogP contribution is -2.51. The molecule has 0 radical (unpaired) electrons. The minimum absolute atomic E-state index is 0.0233. The standard InChI is InChI=1S/C24H29N3O3/c28-23(21-10-13-26(14-11-21)24(29)22-9-5-19-30-22)27-17-15-25(16-18-27)12-4-8-20-6-2-1-3-7-20/h1-9,19,21H,10-18H2. The van der Waals surface area contributed by atoms with Gasteiger partial charge in [0.15, 0.2) is 5.76 Å². The Hall–Kier alpha value is -2.86. The summed E-state index contributed by atoms with van der Waals surface area (Å²) in [4.78, 5) is 31.5. The summed E-state index contributed by atoms with van der Waals surface area (Å²) in [5, 5.41) is 0. The number of hydrogen-bond acceptors (Lipinski definition) is 4. The van der Waals surface area contributed by atoms with E-state index in [2.05, 4.69) is 29.2 Å². The van der Waals surface area contributed by atoms with E-state index < -0.39 is 0 Å². The molecule has 2 aliphatic heterocycles. The third kappa shape index (κ3) is 5.00. The first kappa shape index (κ1) is 20.4. The molecule has 2 amide bonds. The van der Waals surface area contributed by atoms with Gasteiger partial charge in [0.1, 0.15) is 0 Å². The van der Waals surface area contributed by atoms with Gasteiger partial charge in [0.2, 0.25) is 5.91 Å². The van der Waals surface area contributed by atoms with E-state index in [0.717, 1.165) is 45.6 Å². The molecule has 2 fully saturated rings. The van der Waals surface area contributed by atoms with Crippen molar-refractivity contribution in [1.82, 2.24) is 14.7 Å². The molecule has 2 aromatic rings. The van der Waals surface area contributed by atoms with E-state index in [0.29, 0.717) is 18.8 Å². The van der Waals surface area contributed by atoms with Gasteiger partial charge in [-0.05, 0) is 30.5 Å². The molecule has 6 heteroatoms. The van der Waals surface area contributed by atoms with Crippen LogP contribution in [0.3, 0.4) is 0 Å². The first-order chi connectivity index (χ1) is 14.7. The minimum atomic E-state index is -0.0805. The van der Waals surface area contributed by atoms with Gasteiger partial charge in [0.05, 0.1) is 6.26 Å². The molecule has 1 aromatic heterocycles. The van der Waals surface area contributed by atoms with E-state index in [1.165, 1.54) is 11.8 Å². The van der Waals surface area contributed by atoms with Crippen molar-refractivity contribution in [3.8, 4) is 0 Å². The molecule has 6 nitrogen and oxygen atoms in total. The number of nitrogens with zero attached hydrogens (tertiary/aromatic N) is 3. The smallest absolute Gasteiger partial charge is 0.289 e. The summed E-state index contributed by atoms with van der Waals surface area (Å²) in [6.45, 7) is 5.50. The molecular formula is C24H29N3O3. The van der Waals surface area contributed by atoms with Gasteiger partial charge in [-0.1, -0.05) is 42.5 Å². The molecule has 0 atom stereocenters. The predicted molar refractivity (Wildman–Crippen MR) is 116 cm³/mol. The van der Waals surface area contributed by atoms with Crippen LogP contribution in [-0.2, 0) is 4.79 Å². The molecule has 30 heavy (non-hydrogen) atoms. The maximum absolute atomic E-state index is 12.9. The van der Waals surface area contributed by atoms with Gasteiger partial charge >= 0.3 is 0 Å². The summed E-state index contributed by atoms with van der Waals surface area (Å²) in [7, 11) is 0. The average molecular weight is 408 g/mol. The van der Waals surface area contributed by atoms with Crippen molar-refractivity contribution in [3.05, 3.63) is 66.1 Å². The lowest BCUT2D eigenvalue weighted by atomic mass is 9.94. The van der Waals surface area contributed by atoms with E-state index in [9.17, 15) is 9.59 Å². The largest absolute Gasteiger partial charge is 0.459 e. The third-order valence-corrected chi connectivity index (χ3v) is 6.02. The average Bonchev–Trinajstić information content (AvgIpc) is 3.34. The van der Waals surface area contributed by atoms with Gasteiger partial charge in [-0.3, -0.25) is 14.5 Å². The van der Waals surface area contributed by atoms with Crippen LogP contribution in [0, 0.1) is 5.92 Å². The second-order valence-corrected chi connectivity index (χ2v) is 7.98. The van der Waals surface area contributed by atoms with Crippen molar-refractivity contribution in [3.63, 3.8) is 0 Å². The number of amides is 2. The van der Waals surface area contributed by atoms with Crippen LogP contribution in [0.1, 0.15) is 29.0 Å². The zero-order valence-corrected chi connectivity index (χ0v) is 17.3. The molecule has 4 rings (SSSR count). The summed E-state index contributed by atoms with van der Waals surface area (Å²) in [5.74, 6) is 0.565. The van der Waals surface area contributed by atoms with Crippen LogP contribution >= 0.6 is 0 Å². The number of benzene rings is 1. The molecule has 2 saturated heterocycles. The molecule has 158 valence electrons. The Morgan fingerprint density at radius 1 is 0.900 bits per heavy atom. The highest BCUT2D eigenvalue weighted by Crippen LogP contribution is 2.22. The predicted octanol–water partition coefficient (Wildman–Crippen LogP) is 2.99. The highest BCUT2D eigenvalue weighted by molar-refractivity contribution is 5.91. The maximum atomic E-state index is 12.9. The second kappa shape index (κ2) is 9.76. The lowest BCUT2D eigenvalue weighted by molar-refractivity contribution is -0.138. The summed E-state index contributed by atoms with van der Waals surface area (Å²) in [5.41, 5.74) is 1.21. The Balaban J connectivity index is 1.19. The first-order valence-corrected chi connectivity index (χ1v) is 10.8. The molecular weight excluding hydrogens is 378 g/mol. The summed E-state index contributed by atoms with van der Waals surface area (Å²) >= 11 is 0. The van der Waals surface area contributed by atoms with E-state index in [1.54, 1.807) is 17.0 Å². The third-order valence-electron chi connectivity index (χ3n) is 6.02. The maximum Gasteiger partial charge on any atom is 0.289 e. The van der Waals surface area contributed by atoms with Gasteiger partial charge in [-0.25, -0.2) is 0 Å². The van der Waals surface area contributed by atoms with Crippen molar-refractivity contribution >= 4 is 17.9 Å². The molecule has 2 aliphatic rings. The quantitative estimate of drug-likeness (QED) is 0.765. The van der Waals surface area contributed by atoms with Crippen molar-refractivity contribution in [2.24, 2.45) is 5.92 Å². The monoisotopic (exact) mass is 407 g/mol. The number of carbonyl (C=O) groups is 2. The number of likely N-dealkylation sites (tertiary alicyclic amines) is 1. The molecule has 0 aliphatic carbocycles. The van der Waals surface area contributed by atoms with E-state index in [-0.39, 0.29) is 17.7 Å². The van der Waals surface area contributed by atoms with E-state index in [1.807, 2.05) is 23.1 Å². The Labute approximate surface area is 177 Å². The first-order valence-electron chi connectivity index (χ1n) is 10.8. The van der Waals surface area contributed by atoms with Gasteiger partial charge in [-0.15, -0.1) is 0 Å². The number of piperazine rings is 1. The van der Waals surface area contributed by atoms with Crippen LogP contribution in [-0.4, -0.2) is 72.3 Å². The molecule has 0 saturated carbocycles. The SMILES string of the molecule is O=C(c1ccco1)N1CCC(C(=O)N2CCN(CC=Cc3ccccc3)CC2)CC1. The van der Waals surface area contributed by atoms with Crippen molar-refractivity contribution < 1.29 is 14.0 Å². The fourth-order valence-corrected chi connectivity index (χ4v) is 4.20. The molecule has 0 bridgehead atoms. The topological polar surface area (TPSA) is 57.0 Å². The molecule has 1 aromatic carbocycles. The zero-order chi connectivity index (χ0) is 20.8. The summed E-state index contributed by atoms with van der Waals surface area (Å²) in [6, 6.07) is 13.7. The van der Waals surface area contributed by atoms with Gasteiger partial charge in [-0.2, -0.15) is 0 Å². The van der Waals surface area contributed by atoms with Crippen molar-refractivity contribution in [2.45, 2.75) is 12.8 Å². The van der Waals surface area contributed by atoms with Crippen molar-refractivity contribution in [2.75, 3.05) is 45.8 Å². The van der Waals surface area contributed by atoms with E-state index >= 15 is 0 Å². The Kier molecular flexibility index (Phi) is 6.64. The number of hydrogen-bond donors (Lipinski definition) is 0. The summed E-state index contributed by atoms with van der Waals surface area (Å²) < 4.78 is 5.21. The Morgan fingerprint density at radius 3 is 2.30 bits per heavy atom. The van der Waals surface area contributed by atoms with Crippen LogP contribution in [0.4, 0.5) is 0 Å². The van der Waals surface area contributed by atoms with Crippen LogP contribution in [0.25, 0.3) is 6.08 Å². The fourth-order valence-electron chi connectivity index (χ4n) is 4.20. The molecule has 3 heterocycles. The number of furan rings is 1.